The lowest BCUT2D eigenvalue weighted by Crippen LogP contribution is -2.43. The van der Waals surface area contributed by atoms with E-state index in [1.54, 1.807) is 0 Å². The van der Waals surface area contributed by atoms with Crippen LogP contribution in [0.4, 0.5) is 0 Å². The van der Waals surface area contributed by atoms with Crippen LogP contribution in [0, 0.1) is 0 Å². The largest absolute Gasteiger partial charge is 0.295 e. The second-order valence-corrected chi connectivity index (χ2v) is 7.40. The summed E-state index contributed by atoms with van der Waals surface area (Å²) in [6, 6.07) is 16.4. The minimum Gasteiger partial charge on any atom is -0.295 e. The van der Waals surface area contributed by atoms with Crippen molar-refractivity contribution in [1.29, 1.82) is 0 Å². The van der Waals surface area contributed by atoms with Crippen LogP contribution in [0.3, 0.4) is 0 Å². The van der Waals surface area contributed by atoms with E-state index in [0.717, 1.165) is 47.9 Å². The summed E-state index contributed by atoms with van der Waals surface area (Å²) >= 11 is 9.41. The molecule has 0 atom stereocenters. The van der Waals surface area contributed by atoms with Crippen LogP contribution in [-0.2, 0) is 6.54 Å². The van der Waals surface area contributed by atoms with Crippen molar-refractivity contribution in [3.05, 3.63) is 69.2 Å². The van der Waals surface area contributed by atoms with Gasteiger partial charge in [-0.05, 0) is 42.3 Å². The highest BCUT2D eigenvalue weighted by molar-refractivity contribution is 9.10. The molecule has 0 spiro atoms. The fourth-order valence-corrected chi connectivity index (χ4v) is 3.19. The predicted molar refractivity (Wildman–Crippen MR) is 105 cm³/mol. The smallest absolute Gasteiger partial charge is 0.0646 e. The van der Waals surface area contributed by atoms with Crippen LogP contribution in [0.1, 0.15) is 18.1 Å². The van der Waals surface area contributed by atoms with Crippen molar-refractivity contribution >= 4 is 33.2 Å². The third-order valence-corrected chi connectivity index (χ3v) is 5.00. The fraction of sp³-hybridized carbons (Fsp3) is 0.316. The van der Waals surface area contributed by atoms with Crippen LogP contribution in [0.5, 0.6) is 0 Å². The minimum absolute atomic E-state index is 0.793. The maximum absolute atomic E-state index is 5.94. The monoisotopic (exact) mass is 405 g/mol. The fourth-order valence-electron chi connectivity index (χ4n) is 2.80. The molecule has 3 rings (SSSR count). The molecule has 0 unspecified atom stereocenters. The average molecular weight is 407 g/mol. The van der Waals surface area contributed by atoms with Gasteiger partial charge in [-0.15, -0.1) is 0 Å². The van der Waals surface area contributed by atoms with Gasteiger partial charge in [-0.2, -0.15) is 5.10 Å². The zero-order chi connectivity index (χ0) is 16.9. The Balaban J connectivity index is 1.53. The molecule has 1 aliphatic heterocycles. The lowest BCUT2D eigenvalue weighted by molar-refractivity contribution is 0.130. The van der Waals surface area contributed by atoms with Gasteiger partial charge >= 0.3 is 0 Å². The number of nitrogens with zero attached hydrogens (tertiary/aromatic N) is 3. The topological polar surface area (TPSA) is 18.8 Å². The van der Waals surface area contributed by atoms with Gasteiger partial charge in [0, 0.05) is 42.2 Å². The maximum Gasteiger partial charge on any atom is 0.0646 e. The Morgan fingerprint density at radius 3 is 2.25 bits per heavy atom. The summed E-state index contributed by atoms with van der Waals surface area (Å²) in [6.07, 6.45) is 0. The Labute approximate surface area is 157 Å². The minimum atomic E-state index is 0.793. The van der Waals surface area contributed by atoms with E-state index in [2.05, 4.69) is 69.2 Å². The third kappa shape index (κ3) is 4.82. The van der Waals surface area contributed by atoms with Gasteiger partial charge in [-0.3, -0.25) is 9.91 Å². The number of hydrazone groups is 1. The zero-order valence-electron chi connectivity index (χ0n) is 13.8. The molecule has 3 nitrogen and oxygen atoms in total. The van der Waals surface area contributed by atoms with Crippen LogP contribution in [-0.4, -0.2) is 41.8 Å². The van der Waals surface area contributed by atoms with E-state index in [1.165, 1.54) is 11.1 Å². The zero-order valence-corrected chi connectivity index (χ0v) is 16.1. The van der Waals surface area contributed by atoms with Gasteiger partial charge in [0.05, 0.1) is 5.71 Å². The molecule has 1 saturated heterocycles. The standard InChI is InChI=1S/C19H21BrClN3/c1-15(17-4-6-18(20)7-5-17)22-24-12-10-23(11-13-24)14-16-2-8-19(21)9-3-16/h2-9H,10-14H2,1H3. The van der Waals surface area contributed by atoms with E-state index in [1.807, 2.05) is 12.1 Å². The number of benzene rings is 2. The molecule has 0 amide bonds. The van der Waals surface area contributed by atoms with Crippen LogP contribution in [0.2, 0.25) is 5.02 Å². The summed E-state index contributed by atoms with van der Waals surface area (Å²) in [5, 5.41) is 7.75. The second-order valence-electron chi connectivity index (χ2n) is 6.05. The number of halogens is 2. The highest BCUT2D eigenvalue weighted by Gasteiger charge is 2.16. The van der Waals surface area contributed by atoms with E-state index in [-0.39, 0.29) is 0 Å². The molecule has 0 saturated carbocycles. The highest BCUT2D eigenvalue weighted by Crippen LogP contribution is 2.14. The molecule has 126 valence electrons. The first-order valence-corrected chi connectivity index (χ1v) is 9.30. The summed E-state index contributed by atoms with van der Waals surface area (Å²) in [6.45, 7) is 7.02. The third-order valence-electron chi connectivity index (χ3n) is 4.22. The summed E-state index contributed by atoms with van der Waals surface area (Å²) in [4.78, 5) is 2.46. The number of hydrogen-bond donors (Lipinski definition) is 0. The van der Waals surface area contributed by atoms with E-state index in [4.69, 9.17) is 16.7 Å². The molecule has 0 aromatic heterocycles. The second kappa shape index (κ2) is 8.15. The van der Waals surface area contributed by atoms with Crippen LogP contribution in [0.15, 0.2) is 58.1 Å². The first-order chi connectivity index (χ1) is 11.6. The molecule has 0 radical (unpaired) electrons. The van der Waals surface area contributed by atoms with Crippen molar-refractivity contribution in [1.82, 2.24) is 9.91 Å². The van der Waals surface area contributed by atoms with Gasteiger partial charge in [0.2, 0.25) is 0 Å². The molecule has 5 heteroatoms. The molecular formula is C19H21BrClN3. The quantitative estimate of drug-likeness (QED) is 0.689. The number of hydrogen-bond acceptors (Lipinski definition) is 3. The van der Waals surface area contributed by atoms with E-state index < -0.39 is 0 Å². The van der Waals surface area contributed by atoms with Gasteiger partial charge in [0.25, 0.3) is 0 Å². The summed E-state index contributed by atoms with van der Waals surface area (Å²) in [5.41, 5.74) is 3.54. The molecule has 0 aliphatic carbocycles. The molecular weight excluding hydrogens is 386 g/mol. The SMILES string of the molecule is CC(=NN1CCN(Cc2ccc(Cl)cc2)CC1)c1ccc(Br)cc1. The number of piperazine rings is 1. The maximum atomic E-state index is 5.94. The molecule has 1 fully saturated rings. The normalized spacial score (nSPS) is 16.5. The highest BCUT2D eigenvalue weighted by atomic mass is 79.9. The van der Waals surface area contributed by atoms with Crippen molar-refractivity contribution in [3.8, 4) is 0 Å². The molecule has 24 heavy (non-hydrogen) atoms. The lowest BCUT2D eigenvalue weighted by atomic mass is 10.1. The first-order valence-electron chi connectivity index (χ1n) is 8.13. The van der Waals surface area contributed by atoms with Gasteiger partial charge in [-0.25, -0.2) is 0 Å². The Morgan fingerprint density at radius 2 is 1.62 bits per heavy atom. The summed E-state index contributed by atoms with van der Waals surface area (Å²) in [5.74, 6) is 0. The van der Waals surface area contributed by atoms with E-state index in [0.29, 0.717) is 0 Å². The van der Waals surface area contributed by atoms with Crippen LogP contribution >= 0.6 is 27.5 Å². The Kier molecular flexibility index (Phi) is 5.93. The summed E-state index contributed by atoms with van der Waals surface area (Å²) in [7, 11) is 0. The van der Waals surface area contributed by atoms with Crippen LogP contribution in [0.25, 0.3) is 0 Å². The molecule has 2 aromatic rings. The Morgan fingerprint density at radius 1 is 1.00 bits per heavy atom. The Bertz CT molecular complexity index is 690. The molecule has 1 heterocycles. The average Bonchev–Trinajstić information content (AvgIpc) is 2.59. The van der Waals surface area contributed by atoms with Crippen molar-refractivity contribution < 1.29 is 0 Å². The molecule has 0 bridgehead atoms. The Hall–Kier alpha value is -1.36. The van der Waals surface area contributed by atoms with Crippen molar-refractivity contribution in [2.75, 3.05) is 26.2 Å². The van der Waals surface area contributed by atoms with Gasteiger partial charge in [0.1, 0.15) is 0 Å². The molecule has 2 aromatic carbocycles. The van der Waals surface area contributed by atoms with Gasteiger partial charge < -0.3 is 0 Å². The first kappa shape index (κ1) is 17.5. The van der Waals surface area contributed by atoms with Crippen molar-refractivity contribution in [2.24, 2.45) is 5.10 Å². The van der Waals surface area contributed by atoms with Crippen molar-refractivity contribution in [2.45, 2.75) is 13.5 Å². The van der Waals surface area contributed by atoms with Gasteiger partial charge in [0.15, 0.2) is 0 Å². The summed E-state index contributed by atoms with van der Waals surface area (Å²) < 4.78 is 1.09. The predicted octanol–water partition coefficient (Wildman–Crippen LogP) is 4.64. The lowest BCUT2D eigenvalue weighted by Gasteiger charge is -2.33. The molecule has 1 aliphatic rings. The van der Waals surface area contributed by atoms with Crippen molar-refractivity contribution in [3.63, 3.8) is 0 Å². The number of rotatable bonds is 4. The molecule has 0 N–H and O–H groups in total. The van der Waals surface area contributed by atoms with E-state index >= 15 is 0 Å². The van der Waals surface area contributed by atoms with E-state index in [9.17, 15) is 0 Å². The van der Waals surface area contributed by atoms with Gasteiger partial charge in [-0.1, -0.05) is 51.8 Å². The van der Waals surface area contributed by atoms with Crippen LogP contribution < -0.4 is 0 Å².